The zero-order valence-corrected chi connectivity index (χ0v) is 8.05. The van der Waals surface area contributed by atoms with Crippen molar-refractivity contribution in [2.45, 2.75) is 6.54 Å². The summed E-state index contributed by atoms with van der Waals surface area (Å²) in [6.07, 6.45) is 0. The number of nitrogens with zero attached hydrogens (tertiary/aromatic N) is 2. The van der Waals surface area contributed by atoms with Crippen LogP contribution in [0.3, 0.4) is 0 Å². The van der Waals surface area contributed by atoms with Crippen molar-refractivity contribution in [2.75, 3.05) is 6.54 Å². The van der Waals surface area contributed by atoms with Gasteiger partial charge in [-0.3, -0.25) is 4.79 Å². The number of benzene rings is 1. The molecule has 15 heavy (non-hydrogen) atoms. The Morgan fingerprint density at radius 3 is 2.93 bits per heavy atom. The second-order valence-electron chi connectivity index (χ2n) is 3.41. The first-order valence-electron chi connectivity index (χ1n) is 4.56. The molecule has 0 saturated carbocycles. The summed E-state index contributed by atoms with van der Waals surface area (Å²) in [4.78, 5) is 13.3. The Morgan fingerprint density at radius 1 is 1.53 bits per heavy atom. The lowest BCUT2D eigenvalue weighted by atomic mass is 10.1. The molecule has 1 amide bonds. The average Bonchev–Trinajstić information content (AvgIpc) is 2.57. The summed E-state index contributed by atoms with van der Waals surface area (Å²) < 4.78 is 0. The van der Waals surface area contributed by atoms with Crippen molar-refractivity contribution in [3.8, 4) is 0 Å². The highest BCUT2D eigenvalue weighted by Crippen LogP contribution is 2.21. The summed E-state index contributed by atoms with van der Waals surface area (Å²) in [6, 6.07) is 7.40. The molecule has 5 nitrogen and oxygen atoms in total. The molecule has 0 spiro atoms. The van der Waals surface area contributed by atoms with Crippen LogP contribution in [-0.2, 0) is 6.54 Å². The van der Waals surface area contributed by atoms with E-state index in [-0.39, 0.29) is 18.3 Å². The van der Waals surface area contributed by atoms with Crippen molar-refractivity contribution in [1.29, 1.82) is 0 Å². The van der Waals surface area contributed by atoms with Crippen molar-refractivity contribution >= 4 is 11.7 Å². The number of oxime groups is 1. The van der Waals surface area contributed by atoms with Gasteiger partial charge < -0.3 is 15.8 Å². The number of nitrogens with two attached hydrogens (primary N) is 1. The first kappa shape index (κ1) is 9.51. The van der Waals surface area contributed by atoms with Gasteiger partial charge in [0.15, 0.2) is 5.84 Å². The fourth-order valence-corrected chi connectivity index (χ4v) is 1.67. The Bertz CT molecular complexity index is 428. The van der Waals surface area contributed by atoms with Crippen LogP contribution in [0.1, 0.15) is 15.9 Å². The molecule has 78 valence electrons. The first-order valence-corrected chi connectivity index (χ1v) is 4.56. The van der Waals surface area contributed by atoms with Crippen molar-refractivity contribution in [2.24, 2.45) is 10.9 Å². The molecule has 0 aliphatic carbocycles. The third-order valence-corrected chi connectivity index (χ3v) is 2.38. The second-order valence-corrected chi connectivity index (χ2v) is 3.41. The van der Waals surface area contributed by atoms with Crippen LogP contribution in [0.15, 0.2) is 29.4 Å². The molecule has 1 heterocycles. The maximum atomic E-state index is 11.8. The largest absolute Gasteiger partial charge is 0.409 e. The van der Waals surface area contributed by atoms with Gasteiger partial charge in [-0.15, -0.1) is 0 Å². The topological polar surface area (TPSA) is 78.9 Å². The minimum absolute atomic E-state index is 0.0381. The molecule has 1 aliphatic heterocycles. The van der Waals surface area contributed by atoms with Crippen LogP contribution in [-0.4, -0.2) is 28.4 Å². The maximum Gasteiger partial charge on any atom is 0.254 e. The van der Waals surface area contributed by atoms with E-state index in [1.54, 1.807) is 11.0 Å². The van der Waals surface area contributed by atoms with E-state index in [0.29, 0.717) is 12.1 Å². The average molecular weight is 205 g/mol. The number of hydrogen-bond donors (Lipinski definition) is 2. The fraction of sp³-hybridized carbons (Fsp3) is 0.200. The predicted octanol–water partition coefficient (Wildman–Crippen LogP) is 0.389. The minimum Gasteiger partial charge on any atom is -0.409 e. The van der Waals surface area contributed by atoms with Crippen molar-refractivity contribution in [3.05, 3.63) is 35.4 Å². The highest BCUT2D eigenvalue weighted by molar-refractivity contribution is 6.00. The van der Waals surface area contributed by atoms with Gasteiger partial charge in [-0.25, -0.2) is 0 Å². The van der Waals surface area contributed by atoms with Crippen LogP contribution >= 0.6 is 0 Å². The van der Waals surface area contributed by atoms with Crippen molar-refractivity contribution in [1.82, 2.24) is 4.90 Å². The zero-order chi connectivity index (χ0) is 10.8. The standard InChI is InChI=1S/C10H11N3O2/c11-9(12-15)6-13-5-7-3-1-2-4-8(7)10(13)14/h1-4,15H,5-6H2,(H2,11,12). The molecule has 0 radical (unpaired) electrons. The Morgan fingerprint density at radius 2 is 2.27 bits per heavy atom. The predicted molar refractivity (Wildman–Crippen MR) is 54.6 cm³/mol. The number of amides is 1. The van der Waals surface area contributed by atoms with Crippen LogP contribution in [0.2, 0.25) is 0 Å². The summed E-state index contributed by atoms with van der Waals surface area (Å²) in [6.45, 7) is 0.676. The molecule has 0 atom stereocenters. The summed E-state index contributed by atoms with van der Waals surface area (Å²) in [5.41, 5.74) is 7.03. The number of carbonyl (C=O) groups is 1. The molecule has 1 aromatic carbocycles. The van der Waals surface area contributed by atoms with Crippen LogP contribution in [0.4, 0.5) is 0 Å². The quantitative estimate of drug-likeness (QED) is 0.317. The fourth-order valence-electron chi connectivity index (χ4n) is 1.67. The summed E-state index contributed by atoms with van der Waals surface area (Å²) in [5, 5.41) is 11.3. The van der Waals surface area contributed by atoms with E-state index in [1.165, 1.54) is 0 Å². The lowest BCUT2D eigenvalue weighted by Crippen LogP contribution is -2.34. The van der Waals surface area contributed by atoms with Gasteiger partial charge in [-0.2, -0.15) is 0 Å². The van der Waals surface area contributed by atoms with Gasteiger partial charge in [0.05, 0.1) is 6.54 Å². The molecule has 0 fully saturated rings. The normalized spacial score (nSPS) is 15.6. The van der Waals surface area contributed by atoms with Gasteiger partial charge >= 0.3 is 0 Å². The van der Waals surface area contributed by atoms with E-state index in [0.717, 1.165) is 5.56 Å². The molecule has 0 saturated heterocycles. The molecule has 0 aromatic heterocycles. The number of hydrogen-bond acceptors (Lipinski definition) is 3. The summed E-state index contributed by atoms with van der Waals surface area (Å²) in [7, 11) is 0. The van der Waals surface area contributed by atoms with Crippen molar-refractivity contribution < 1.29 is 10.0 Å². The number of rotatable bonds is 2. The van der Waals surface area contributed by atoms with E-state index < -0.39 is 0 Å². The van der Waals surface area contributed by atoms with E-state index in [9.17, 15) is 4.79 Å². The molecule has 2 rings (SSSR count). The maximum absolute atomic E-state index is 11.8. The molecule has 5 heteroatoms. The van der Waals surface area contributed by atoms with Gasteiger partial charge in [0.1, 0.15) is 0 Å². The lowest BCUT2D eigenvalue weighted by molar-refractivity contribution is 0.0800. The highest BCUT2D eigenvalue weighted by Gasteiger charge is 2.26. The van der Waals surface area contributed by atoms with E-state index in [2.05, 4.69) is 5.16 Å². The smallest absolute Gasteiger partial charge is 0.254 e. The number of fused-ring (bicyclic) bond motifs is 1. The molecule has 1 aliphatic rings. The summed E-state index contributed by atoms with van der Waals surface area (Å²) in [5.74, 6) is -0.0339. The Hall–Kier alpha value is -2.04. The van der Waals surface area contributed by atoms with Crippen LogP contribution in [0.25, 0.3) is 0 Å². The zero-order valence-electron chi connectivity index (χ0n) is 8.05. The van der Waals surface area contributed by atoms with E-state index in [1.807, 2.05) is 18.2 Å². The van der Waals surface area contributed by atoms with Crippen LogP contribution in [0.5, 0.6) is 0 Å². The van der Waals surface area contributed by atoms with Crippen LogP contribution in [0, 0.1) is 0 Å². The molecular weight excluding hydrogens is 194 g/mol. The third kappa shape index (κ3) is 1.63. The molecule has 0 bridgehead atoms. The Labute approximate surface area is 86.8 Å². The Balaban J connectivity index is 2.20. The molecule has 1 aromatic rings. The number of carbonyl (C=O) groups excluding carboxylic acids is 1. The monoisotopic (exact) mass is 205 g/mol. The molecule has 0 unspecified atom stereocenters. The lowest BCUT2D eigenvalue weighted by Gasteiger charge is -2.13. The second kappa shape index (κ2) is 3.61. The minimum atomic E-state index is -0.0720. The van der Waals surface area contributed by atoms with Gasteiger partial charge in [-0.1, -0.05) is 23.4 Å². The molecular formula is C10H11N3O2. The number of amidine groups is 1. The first-order chi connectivity index (χ1) is 7.22. The highest BCUT2D eigenvalue weighted by atomic mass is 16.4. The van der Waals surface area contributed by atoms with Gasteiger partial charge in [0, 0.05) is 12.1 Å². The van der Waals surface area contributed by atoms with Crippen molar-refractivity contribution in [3.63, 3.8) is 0 Å². The van der Waals surface area contributed by atoms with E-state index >= 15 is 0 Å². The van der Waals surface area contributed by atoms with Crippen LogP contribution < -0.4 is 5.73 Å². The SMILES string of the molecule is N/C(CN1Cc2ccccc2C1=O)=N\O. The molecule has 3 N–H and O–H groups in total. The Kier molecular flexibility index (Phi) is 2.29. The van der Waals surface area contributed by atoms with Gasteiger partial charge in [0.2, 0.25) is 0 Å². The van der Waals surface area contributed by atoms with Gasteiger partial charge in [0.25, 0.3) is 5.91 Å². The summed E-state index contributed by atoms with van der Waals surface area (Å²) >= 11 is 0. The third-order valence-electron chi connectivity index (χ3n) is 2.38. The van der Waals surface area contributed by atoms with Gasteiger partial charge in [-0.05, 0) is 11.6 Å². The van der Waals surface area contributed by atoms with E-state index in [4.69, 9.17) is 10.9 Å².